The molecule has 0 radical (unpaired) electrons. The van der Waals surface area contributed by atoms with E-state index in [0.717, 1.165) is 22.6 Å². The molecule has 31 heavy (non-hydrogen) atoms. The quantitative estimate of drug-likeness (QED) is 0.177. The van der Waals surface area contributed by atoms with Crippen LogP contribution in [0.4, 0.5) is 4.39 Å². The van der Waals surface area contributed by atoms with Gasteiger partial charge in [-0.3, -0.25) is 0 Å². The minimum absolute atomic E-state index is 0.171. The molecule has 1 atom stereocenters. The lowest BCUT2D eigenvalue weighted by atomic mass is 9.79. The third kappa shape index (κ3) is 5.28. The average molecular weight is 524 g/mol. The minimum atomic E-state index is -0.171. The van der Waals surface area contributed by atoms with E-state index in [1.54, 1.807) is 6.07 Å². The maximum absolute atomic E-state index is 15.0. The summed E-state index contributed by atoms with van der Waals surface area (Å²) < 4.78 is 15.3. The van der Waals surface area contributed by atoms with Gasteiger partial charge in [0.25, 0.3) is 0 Å². The Morgan fingerprint density at radius 1 is 0.839 bits per heavy atom. The van der Waals surface area contributed by atoms with Gasteiger partial charge in [-0.2, -0.15) is 0 Å². The maximum atomic E-state index is 15.0. The van der Waals surface area contributed by atoms with Gasteiger partial charge < -0.3 is 0 Å². The number of hydrogen-bond donors (Lipinski definition) is 0. The summed E-state index contributed by atoms with van der Waals surface area (Å²) >= 11 is 2.41. The monoisotopic (exact) mass is 524 g/mol. The molecular weight excluding hydrogens is 494 g/mol. The zero-order valence-electron chi connectivity index (χ0n) is 18.3. The fourth-order valence-corrected chi connectivity index (χ4v) is 5.43. The SMILES string of the molecule is CC=CC(I)c1ccc(-c2ccc(-c3ccc(C4CCC(C)CC4)cc3)cc2F)cc1. The van der Waals surface area contributed by atoms with Crippen LogP contribution in [0.2, 0.25) is 0 Å². The summed E-state index contributed by atoms with van der Waals surface area (Å²) in [6.07, 6.45) is 9.45. The molecule has 1 fully saturated rings. The second-order valence-corrected chi connectivity index (χ2v) is 10.2. The van der Waals surface area contributed by atoms with E-state index in [-0.39, 0.29) is 5.82 Å². The van der Waals surface area contributed by atoms with E-state index in [9.17, 15) is 4.39 Å². The fraction of sp³-hybridized carbons (Fsp3) is 0.310. The highest BCUT2D eigenvalue weighted by atomic mass is 127. The van der Waals surface area contributed by atoms with Gasteiger partial charge in [0.15, 0.2) is 0 Å². The predicted octanol–water partition coefficient (Wildman–Crippen LogP) is 9.51. The van der Waals surface area contributed by atoms with Crippen LogP contribution in [0.1, 0.15) is 60.5 Å². The van der Waals surface area contributed by atoms with E-state index in [2.05, 4.69) is 78.1 Å². The fourth-order valence-electron chi connectivity index (χ4n) is 4.60. The van der Waals surface area contributed by atoms with Crippen molar-refractivity contribution in [2.75, 3.05) is 0 Å². The minimum Gasteiger partial charge on any atom is -0.206 e. The largest absolute Gasteiger partial charge is 0.206 e. The molecule has 0 saturated heterocycles. The number of halogens is 2. The summed E-state index contributed by atoms with van der Waals surface area (Å²) in [5.74, 6) is 1.38. The van der Waals surface area contributed by atoms with Gasteiger partial charge in [0, 0.05) is 5.56 Å². The van der Waals surface area contributed by atoms with Gasteiger partial charge in [-0.1, -0.05) is 115 Å². The first kappa shape index (κ1) is 22.3. The van der Waals surface area contributed by atoms with Gasteiger partial charge in [0.1, 0.15) is 5.82 Å². The summed E-state index contributed by atoms with van der Waals surface area (Å²) in [5, 5.41) is 0. The summed E-state index contributed by atoms with van der Waals surface area (Å²) in [4.78, 5) is 0. The molecular formula is C29H30FI. The highest BCUT2D eigenvalue weighted by Gasteiger charge is 2.19. The molecule has 0 spiro atoms. The summed E-state index contributed by atoms with van der Waals surface area (Å²) in [6, 6.07) is 22.6. The molecule has 4 rings (SSSR count). The van der Waals surface area contributed by atoms with Crippen LogP contribution in [-0.2, 0) is 0 Å². The van der Waals surface area contributed by atoms with Crippen LogP contribution >= 0.6 is 22.6 Å². The van der Waals surface area contributed by atoms with Gasteiger partial charge >= 0.3 is 0 Å². The van der Waals surface area contributed by atoms with Crippen molar-refractivity contribution in [3.63, 3.8) is 0 Å². The molecule has 0 bridgehead atoms. The normalized spacial score (nSPS) is 20.1. The Morgan fingerprint density at radius 2 is 1.45 bits per heavy atom. The van der Waals surface area contributed by atoms with Crippen LogP contribution in [-0.4, -0.2) is 0 Å². The Labute approximate surface area is 199 Å². The molecule has 3 aromatic rings. The van der Waals surface area contributed by atoms with E-state index in [4.69, 9.17) is 0 Å². The number of hydrogen-bond acceptors (Lipinski definition) is 0. The number of allylic oxidation sites excluding steroid dienone is 2. The van der Waals surface area contributed by atoms with E-state index >= 15 is 0 Å². The van der Waals surface area contributed by atoms with Gasteiger partial charge in [0.05, 0.1) is 3.92 Å². The van der Waals surface area contributed by atoms with Crippen molar-refractivity contribution in [2.24, 2.45) is 5.92 Å². The maximum Gasteiger partial charge on any atom is 0.131 e. The van der Waals surface area contributed by atoms with Crippen LogP contribution in [0, 0.1) is 11.7 Å². The Balaban J connectivity index is 1.51. The molecule has 0 amide bonds. The van der Waals surface area contributed by atoms with Crippen molar-refractivity contribution >= 4 is 22.6 Å². The van der Waals surface area contributed by atoms with Gasteiger partial charge in [0.2, 0.25) is 0 Å². The highest BCUT2D eigenvalue weighted by Crippen LogP contribution is 2.36. The van der Waals surface area contributed by atoms with Crippen LogP contribution in [0.5, 0.6) is 0 Å². The molecule has 0 heterocycles. The zero-order valence-corrected chi connectivity index (χ0v) is 20.5. The molecule has 1 aliphatic carbocycles. The molecule has 2 heteroatoms. The molecule has 1 aliphatic rings. The van der Waals surface area contributed by atoms with Crippen molar-refractivity contribution in [3.8, 4) is 22.3 Å². The molecule has 0 nitrogen and oxygen atoms in total. The first-order chi connectivity index (χ1) is 15.0. The second-order valence-electron chi connectivity index (χ2n) is 8.82. The van der Waals surface area contributed by atoms with Crippen molar-refractivity contribution in [3.05, 3.63) is 95.8 Å². The number of rotatable bonds is 5. The Morgan fingerprint density at radius 3 is 2.06 bits per heavy atom. The van der Waals surface area contributed by atoms with E-state index in [1.807, 2.05) is 31.2 Å². The number of alkyl halides is 1. The van der Waals surface area contributed by atoms with Crippen LogP contribution < -0.4 is 0 Å². The summed E-state index contributed by atoms with van der Waals surface area (Å²) in [7, 11) is 0. The van der Waals surface area contributed by atoms with E-state index < -0.39 is 0 Å². The standard InChI is InChI=1S/C29H30FI/c1-3-4-29(31)25-15-13-24(14-16-25)27-18-17-26(19-28(27)30)23-11-9-22(10-12-23)21-7-5-20(2)6-8-21/h3-4,9-21,29H,5-8H2,1-2H3. The molecule has 1 saturated carbocycles. The molecule has 160 valence electrons. The van der Waals surface area contributed by atoms with Gasteiger partial charge in [-0.25, -0.2) is 4.39 Å². The average Bonchev–Trinajstić information content (AvgIpc) is 2.80. The first-order valence-electron chi connectivity index (χ1n) is 11.3. The number of benzene rings is 3. The molecule has 1 unspecified atom stereocenters. The lowest BCUT2D eigenvalue weighted by Crippen LogP contribution is -2.10. The van der Waals surface area contributed by atoms with Crippen LogP contribution in [0.3, 0.4) is 0 Å². The highest BCUT2D eigenvalue weighted by molar-refractivity contribution is 14.1. The van der Waals surface area contributed by atoms with E-state index in [1.165, 1.54) is 36.8 Å². The first-order valence-corrected chi connectivity index (χ1v) is 12.6. The summed E-state index contributed by atoms with van der Waals surface area (Å²) in [5.41, 5.74) is 6.24. The van der Waals surface area contributed by atoms with Crippen molar-refractivity contribution in [1.82, 2.24) is 0 Å². The van der Waals surface area contributed by atoms with Crippen molar-refractivity contribution < 1.29 is 4.39 Å². The lowest BCUT2D eigenvalue weighted by molar-refractivity contribution is 0.348. The van der Waals surface area contributed by atoms with Crippen molar-refractivity contribution in [1.29, 1.82) is 0 Å². The molecule has 3 aromatic carbocycles. The summed E-state index contributed by atoms with van der Waals surface area (Å²) in [6.45, 7) is 4.39. The predicted molar refractivity (Wildman–Crippen MR) is 139 cm³/mol. The third-order valence-corrected chi connectivity index (χ3v) is 7.74. The zero-order chi connectivity index (χ0) is 21.8. The Kier molecular flexibility index (Phi) is 7.27. The van der Waals surface area contributed by atoms with Gasteiger partial charge in [-0.05, 0) is 65.5 Å². The third-order valence-electron chi connectivity index (χ3n) is 6.60. The smallest absolute Gasteiger partial charge is 0.131 e. The van der Waals surface area contributed by atoms with E-state index in [0.29, 0.717) is 15.4 Å². The van der Waals surface area contributed by atoms with Crippen molar-refractivity contribution in [2.45, 2.75) is 49.4 Å². The molecule has 0 aromatic heterocycles. The lowest BCUT2D eigenvalue weighted by Gasteiger charge is -2.26. The Bertz CT molecular complexity index is 1030. The van der Waals surface area contributed by atoms with Gasteiger partial charge in [-0.15, -0.1) is 0 Å². The molecule has 0 aliphatic heterocycles. The topological polar surface area (TPSA) is 0 Å². The van der Waals surface area contributed by atoms with Crippen LogP contribution in [0.15, 0.2) is 78.9 Å². The van der Waals surface area contributed by atoms with Crippen LogP contribution in [0.25, 0.3) is 22.3 Å². The molecule has 0 N–H and O–H groups in total. The Hall–Kier alpha value is -1.94. The second kappa shape index (κ2) is 10.1.